The summed E-state index contributed by atoms with van der Waals surface area (Å²) in [4.78, 5) is 12.9. The highest BCUT2D eigenvalue weighted by Crippen LogP contribution is 2.31. The first kappa shape index (κ1) is 17.3. The van der Waals surface area contributed by atoms with Gasteiger partial charge in [0.25, 0.3) is 5.69 Å². The first-order valence-electron chi connectivity index (χ1n) is 7.43. The van der Waals surface area contributed by atoms with Gasteiger partial charge in [-0.15, -0.1) is 0 Å². The average Bonchev–Trinajstić information content (AvgIpc) is 2.42. The minimum atomic E-state index is -0.337. The van der Waals surface area contributed by atoms with Crippen LogP contribution in [0.5, 0.6) is 0 Å². The average molecular weight is 293 g/mol. The van der Waals surface area contributed by atoms with Gasteiger partial charge in [-0.2, -0.15) is 0 Å². The molecule has 1 unspecified atom stereocenters. The summed E-state index contributed by atoms with van der Waals surface area (Å²) in [5, 5.41) is 14.4. The largest absolute Gasteiger partial charge is 0.385 e. The summed E-state index contributed by atoms with van der Waals surface area (Å²) in [6.45, 7) is 11.5. The molecule has 1 rings (SSSR count). The number of hydrogen-bond acceptors (Lipinski definition) is 4. The van der Waals surface area contributed by atoms with Crippen LogP contribution in [0.15, 0.2) is 18.2 Å². The van der Waals surface area contributed by atoms with Crippen LogP contribution in [-0.4, -0.2) is 24.6 Å². The number of nitro groups is 1. The molecule has 5 nitrogen and oxygen atoms in total. The third-order valence-corrected chi connectivity index (χ3v) is 3.93. The van der Waals surface area contributed by atoms with Gasteiger partial charge in [0.15, 0.2) is 0 Å². The number of nitrogens with one attached hydrogen (secondary N) is 1. The van der Waals surface area contributed by atoms with Crippen LogP contribution >= 0.6 is 0 Å². The minimum absolute atomic E-state index is 0.0936. The van der Waals surface area contributed by atoms with Crippen LogP contribution in [-0.2, 0) is 0 Å². The van der Waals surface area contributed by atoms with E-state index in [0.717, 1.165) is 24.3 Å². The highest BCUT2D eigenvalue weighted by molar-refractivity contribution is 5.64. The van der Waals surface area contributed by atoms with E-state index in [2.05, 4.69) is 44.8 Å². The Morgan fingerprint density at radius 2 is 1.95 bits per heavy atom. The number of nitro benzene ring substituents is 1. The molecule has 0 aliphatic carbocycles. The monoisotopic (exact) mass is 293 g/mol. The Morgan fingerprint density at radius 1 is 1.33 bits per heavy atom. The van der Waals surface area contributed by atoms with E-state index in [1.54, 1.807) is 12.1 Å². The number of anilines is 2. The predicted octanol–water partition coefficient (Wildman–Crippen LogP) is 4.29. The first-order valence-corrected chi connectivity index (χ1v) is 7.43. The van der Waals surface area contributed by atoms with Gasteiger partial charge in [-0.3, -0.25) is 10.1 Å². The fraction of sp³-hybridized carbons (Fsp3) is 0.625. The lowest BCUT2D eigenvalue weighted by molar-refractivity contribution is -0.384. The number of hydrogen-bond donors (Lipinski definition) is 1. The van der Waals surface area contributed by atoms with Gasteiger partial charge in [-0.05, 0) is 24.8 Å². The van der Waals surface area contributed by atoms with Crippen molar-refractivity contribution >= 4 is 17.1 Å². The number of rotatable bonds is 6. The van der Waals surface area contributed by atoms with E-state index < -0.39 is 0 Å². The summed E-state index contributed by atoms with van der Waals surface area (Å²) in [6, 6.07) is 5.47. The summed E-state index contributed by atoms with van der Waals surface area (Å²) >= 11 is 0. The molecular formula is C16H27N3O2. The predicted molar refractivity (Wildman–Crippen MR) is 89.2 cm³/mol. The Labute approximate surface area is 127 Å². The molecule has 0 bridgehead atoms. The van der Waals surface area contributed by atoms with Crippen LogP contribution in [0.1, 0.15) is 41.0 Å². The van der Waals surface area contributed by atoms with E-state index in [-0.39, 0.29) is 22.1 Å². The van der Waals surface area contributed by atoms with Gasteiger partial charge in [-0.1, -0.05) is 27.7 Å². The molecule has 0 spiro atoms. The number of non-ortho nitro benzene ring substituents is 1. The van der Waals surface area contributed by atoms with Crippen molar-refractivity contribution in [3.8, 4) is 0 Å². The van der Waals surface area contributed by atoms with Crippen LogP contribution in [0, 0.1) is 15.5 Å². The van der Waals surface area contributed by atoms with Crippen LogP contribution < -0.4 is 10.2 Å². The molecular weight excluding hydrogens is 266 g/mol. The van der Waals surface area contributed by atoms with E-state index in [4.69, 9.17) is 0 Å². The molecule has 0 aliphatic rings. The fourth-order valence-electron chi connectivity index (χ4n) is 2.08. The van der Waals surface area contributed by atoms with Gasteiger partial charge in [0.05, 0.1) is 4.92 Å². The smallest absolute Gasteiger partial charge is 0.273 e. The SMILES string of the molecule is CCCNc1cc(N(C)C(C)C(C)(C)C)cc([N+](=O)[O-])c1. The summed E-state index contributed by atoms with van der Waals surface area (Å²) in [7, 11) is 1.98. The molecule has 0 saturated heterocycles. The molecule has 0 radical (unpaired) electrons. The standard InChI is InChI=1S/C16H27N3O2/c1-7-8-17-13-9-14(11-15(10-13)19(20)21)18(6)12(2)16(3,4)5/h9-12,17H,7-8H2,1-6H3. The van der Waals surface area contributed by atoms with Gasteiger partial charge in [0, 0.05) is 43.1 Å². The number of nitrogens with zero attached hydrogens (tertiary/aromatic N) is 2. The second kappa shape index (κ2) is 6.78. The topological polar surface area (TPSA) is 58.4 Å². The van der Waals surface area contributed by atoms with Crippen molar-refractivity contribution in [3.05, 3.63) is 28.3 Å². The molecule has 5 heteroatoms. The molecule has 1 N–H and O–H groups in total. The van der Waals surface area contributed by atoms with Crippen LogP contribution in [0.2, 0.25) is 0 Å². The lowest BCUT2D eigenvalue weighted by Crippen LogP contribution is -2.39. The molecule has 0 amide bonds. The summed E-state index contributed by atoms with van der Waals surface area (Å²) < 4.78 is 0. The van der Waals surface area contributed by atoms with Gasteiger partial charge in [0.1, 0.15) is 0 Å². The Kier molecular flexibility index (Phi) is 5.58. The zero-order valence-corrected chi connectivity index (χ0v) is 13.9. The summed E-state index contributed by atoms with van der Waals surface area (Å²) in [6.07, 6.45) is 0.978. The van der Waals surface area contributed by atoms with Crippen molar-refractivity contribution < 1.29 is 4.92 Å². The van der Waals surface area contributed by atoms with Crippen molar-refractivity contribution in [3.63, 3.8) is 0 Å². The van der Waals surface area contributed by atoms with Crippen molar-refractivity contribution in [2.24, 2.45) is 5.41 Å². The normalized spacial score (nSPS) is 12.9. The summed E-state index contributed by atoms with van der Waals surface area (Å²) in [5.74, 6) is 0. The van der Waals surface area contributed by atoms with Gasteiger partial charge in [0.2, 0.25) is 0 Å². The fourth-order valence-corrected chi connectivity index (χ4v) is 2.08. The van der Waals surface area contributed by atoms with Crippen LogP contribution in [0.3, 0.4) is 0 Å². The molecule has 0 aliphatic heterocycles. The zero-order valence-electron chi connectivity index (χ0n) is 13.9. The maximum absolute atomic E-state index is 11.1. The molecule has 118 valence electrons. The number of benzene rings is 1. The maximum atomic E-state index is 11.1. The first-order chi connectivity index (χ1) is 9.66. The quantitative estimate of drug-likeness (QED) is 0.628. The second-order valence-electron chi connectivity index (χ2n) is 6.57. The van der Waals surface area contributed by atoms with E-state index >= 15 is 0 Å². The van der Waals surface area contributed by atoms with Crippen molar-refractivity contribution in [2.75, 3.05) is 23.8 Å². The van der Waals surface area contributed by atoms with Gasteiger partial charge in [-0.25, -0.2) is 0 Å². The van der Waals surface area contributed by atoms with Gasteiger partial charge < -0.3 is 10.2 Å². The lowest BCUT2D eigenvalue weighted by atomic mass is 9.87. The van der Waals surface area contributed by atoms with Crippen LogP contribution in [0.25, 0.3) is 0 Å². The van der Waals surface area contributed by atoms with Crippen molar-refractivity contribution in [1.29, 1.82) is 0 Å². The Bertz CT molecular complexity index is 495. The lowest BCUT2D eigenvalue weighted by Gasteiger charge is -2.37. The van der Waals surface area contributed by atoms with Crippen molar-refractivity contribution in [2.45, 2.75) is 47.1 Å². The molecule has 0 aromatic heterocycles. The van der Waals surface area contributed by atoms with E-state index in [0.29, 0.717) is 0 Å². The highest BCUT2D eigenvalue weighted by atomic mass is 16.6. The third-order valence-electron chi connectivity index (χ3n) is 3.93. The molecule has 1 atom stereocenters. The van der Waals surface area contributed by atoms with E-state index in [1.165, 1.54) is 0 Å². The molecule has 1 aromatic rings. The molecule has 21 heavy (non-hydrogen) atoms. The Balaban J connectivity index is 3.15. The molecule has 0 fully saturated rings. The van der Waals surface area contributed by atoms with Crippen LogP contribution in [0.4, 0.5) is 17.1 Å². The van der Waals surface area contributed by atoms with E-state index in [9.17, 15) is 10.1 Å². The zero-order chi connectivity index (χ0) is 16.2. The Hall–Kier alpha value is -1.78. The molecule has 0 saturated carbocycles. The third kappa shape index (κ3) is 4.62. The maximum Gasteiger partial charge on any atom is 0.273 e. The molecule has 0 heterocycles. The second-order valence-corrected chi connectivity index (χ2v) is 6.57. The van der Waals surface area contributed by atoms with Crippen molar-refractivity contribution in [1.82, 2.24) is 0 Å². The minimum Gasteiger partial charge on any atom is -0.385 e. The van der Waals surface area contributed by atoms with E-state index in [1.807, 2.05) is 13.1 Å². The Morgan fingerprint density at radius 3 is 2.43 bits per heavy atom. The summed E-state index contributed by atoms with van der Waals surface area (Å²) in [5.41, 5.74) is 1.88. The highest BCUT2D eigenvalue weighted by Gasteiger charge is 2.25. The van der Waals surface area contributed by atoms with Gasteiger partial charge >= 0.3 is 0 Å². The molecule has 1 aromatic carbocycles.